The highest BCUT2D eigenvalue weighted by Crippen LogP contribution is 2.30. The van der Waals surface area contributed by atoms with Crippen molar-refractivity contribution in [2.75, 3.05) is 12.4 Å². The number of methoxy groups -OCH3 is 1. The Bertz CT molecular complexity index is 1280. The third-order valence-corrected chi connectivity index (χ3v) is 5.58. The summed E-state index contributed by atoms with van der Waals surface area (Å²) in [4.78, 5) is 31.3. The van der Waals surface area contributed by atoms with Crippen molar-refractivity contribution >= 4 is 33.3 Å². The van der Waals surface area contributed by atoms with E-state index >= 15 is 0 Å². The summed E-state index contributed by atoms with van der Waals surface area (Å²) in [5, 5.41) is 3.66. The normalized spacial score (nSPS) is 10.9. The maximum Gasteiger partial charge on any atom is 0.262 e. The lowest BCUT2D eigenvalue weighted by molar-refractivity contribution is 0.102. The van der Waals surface area contributed by atoms with Crippen LogP contribution in [0.5, 0.6) is 5.75 Å². The third kappa shape index (κ3) is 3.40. The fourth-order valence-corrected chi connectivity index (χ4v) is 4.17. The number of carbonyl (C=O) groups excluding carboxylic acids is 1. The van der Waals surface area contributed by atoms with Crippen molar-refractivity contribution < 1.29 is 9.53 Å². The maximum atomic E-state index is 12.9. The number of ether oxygens (including phenoxy) is 1. The average Bonchev–Trinajstić information content (AvgIpc) is 3.10. The first-order valence-corrected chi connectivity index (χ1v) is 9.81. The lowest BCUT2D eigenvalue weighted by atomic mass is 10.1. The molecule has 0 spiro atoms. The number of rotatable bonds is 4. The molecule has 2 aromatic carbocycles. The van der Waals surface area contributed by atoms with E-state index in [2.05, 4.69) is 10.3 Å². The second-order valence-corrected chi connectivity index (χ2v) is 7.79. The van der Waals surface area contributed by atoms with Gasteiger partial charge in [-0.2, -0.15) is 0 Å². The summed E-state index contributed by atoms with van der Waals surface area (Å²) < 4.78 is 7.08. The van der Waals surface area contributed by atoms with Crippen molar-refractivity contribution in [3.63, 3.8) is 0 Å². The molecular formula is C22H19N3O3S. The molecule has 0 aliphatic rings. The molecule has 0 fully saturated rings. The second-order valence-electron chi connectivity index (χ2n) is 6.58. The molecule has 1 N–H and O–H groups in total. The molecule has 0 saturated heterocycles. The minimum Gasteiger partial charge on any atom is -0.495 e. The Balaban J connectivity index is 1.71. The number of anilines is 1. The smallest absolute Gasteiger partial charge is 0.262 e. The first kappa shape index (κ1) is 18.9. The molecule has 0 aliphatic carbocycles. The standard InChI is InChI=1S/C22H19N3O3S/c1-13-18(14-8-5-4-6-9-14)23-22(29-13)24-21(27)16-12-25(2)19-15(20(16)26)10-7-11-17(19)28-3/h4-12H,1-3H3,(H,23,24,27). The van der Waals surface area contributed by atoms with E-state index < -0.39 is 5.91 Å². The molecule has 29 heavy (non-hydrogen) atoms. The van der Waals surface area contributed by atoms with Crippen LogP contribution in [0.2, 0.25) is 0 Å². The van der Waals surface area contributed by atoms with Crippen LogP contribution in [0, 0.1) is 6.92 Å². The van der Waals surface area contributed by atoms with Gasteiger partial charge in [0.25, 0.3) is 5.91 Å². The van der Waals surface area contributed by atoms with E-state index in [-0.39, 0.29) is 11.0 Å². The SMILES string of the molecule is COc1cccc2c(=O)c(C(=O)Nc3nc(-c4ccccc4)c(C)s3)cn(C)c12. The number of thiazole rings is 1. The summed E-state index contributed by atoms with van der Waals surface area (Å²) in [6.07, 6.45) is 1.53. The highest BCUT2D eigenvalue weighted by atomic mass is 32.1. The van der Waals surface area contributed by atoms with Gasteiger partial charge in [0.2, 0.25) is 5.43 Å². The van der Waals surface area contributed by atoms with Crippen LogP contribution >= 0.6 is 11.3 Å². The van der Waals surface area contributed by atoms with E-state index in [9.17, 15) is 9.59 Å². The second kappa shape index (κ2) is 7.52. The molecule has 0 saturated carbocycles. The first-order chi connectivity index (χ1) is 14.0. The Labute approximate surface area is 171 Å². The molecule has 6 nitrogen and oxygen atoms in total. The van der Waals surface area contributed by atoms with Crippen LogP contribution < -0.4 is 15.5 Å². The molecule has 0 unspecified atom stereocenters. The van der Waals surface area contributed by atoms with Gasteiger partial charge in [-0.3, -0.25) is 14.9 Å². The molecule has 2 aromatic heterocycles. The van der Waals surface area contributed by atoms with E-state index in [1.54, 1.807) is 36.9 Å². The van der Waals surface area contributed by atoms with Crippen molar-refractivity contribution in [3.8, 4) is 17.0 Å². The minimum atomic E-state index is -0.483. The van der Waals surface area contributed by atoms with Gasteiger partial charge in [0, 0.05) is 23.7 Å². The van der Waals surface area contributed by atoms with Gasteiger partial charge in [-0.1, -0.05) is 36.4 Å². The fourth-order valence-electron chi connectivity index (χ4n) is 3.34. The lowest BCUT2D eigenvalue weighted by Crippen LogP contribution is -2.23. The van der Waals surface area contributed by atoms with Gasteiger partial charge in [-0.25, -0.2) is 4.98 Å². The zero-order chi connectivity index (χ0) is 20.5. The molecule has 0 bridgehead atoms. The van der Waals surface area contributed by atoms with E-state index in [1.165, 1.54) is 17.5 Å². The van der Waals surface area contributed by atoms with Crippen LogP contribution in [0.3, 0.4) is 0 Å². The molecule has 0 aliphatic heterocycles. The highest BCUT2D eigenvalue weighted by Gasteiger charge is 2.18. The Morgan fingerprint density at radius 2 is 1.90 bits per heavy atom. The van der Waals surface area contributed by atoms with Gasteiger partial charge in [0.15, 0.2) is 5.13 Å². The predicted molar refractivity (Wildman–Crippen MR) is 116 cm³/mol. The number of fused-ring (bicyclic) bond motifs is 1. The summed E-state index contributed by atoms with van der Waals surface area (Å²) in [5.74, 6) is 0.0980. The van der Waals surface area contributed by atoms with E-state index in [4.69, 9.17) is 4.74 Å². The molecule has 1 amide bonds. The Hall–Kier alpha value is -3.45. The van der Waals surface area contributed by atoms with Crippen LogP contribution in [0.25, 0.3) is 22.2 Å². The number of amides is 1. The van der Waals surface area contributed by atoms with Crippen LogP contribution in [-0.4, -0.2) is 22.6 Å². The number of nitrogens with zero attached hydrogens (tertiary/aromatic N) is 2. The monoisotopic (exact) mass is 405 g/mol. The van der Waals surface area contributed by atoms with E-state index in [0.717, 1.165) is 16.1 Å². The quantitative estimate of drug-likeness (QED) is 0.551. The fraction of sp³-hybridized carbons (Fsp3) is 0.136. The molecule has 2 heterocycles. The summed E-state index contributed by atoms with van der Waals surface area (Å²) in [6, 6.07) is 15.0. The number of pyridine rings is 1. The molecular weight excluding hydrogens is 386 g/mol. The van der Waals surface area contributed by atoms with Crippen LogP contribution in [0.15, 0.2) is 59.5 Å². The number of para-hydroxylation sites is 1. The highest BCUT2D eigenvalue weighted by molar-refractivity contribution is 7.16. The zero-order valence-corrected chi connectivity index (χ0v) is 17.0. The first-order valence-electron chi connectivity index (χ1n) is 9.00. The number of carbonyl (C=O) groups is 1. The third-order valence-electron chi connectivity index (χ3n) is 4.69. The largest absolute Gasteiger partial charge is 0.495 e. The Morgan fingerprint density at radius 1 is 1.14 bits per heavy atom. The molecule has 0 radical (unpaired) electrons. The van der Waals surface area contributed by atoms with E-state index in [1.807, 2.05) is 37.3 Å². The number of hydrogen-bond acceptors (Lipinski definition) is 5. The van der Waals surface area contributed by atoms with Crippen molar-refractivity contribution in [3.05, 3.63) is 75.4 Å². The molecule has 4 aromatic rings. The van der Waals surface area contributed by atoms with Gasteiger partial charge < -0.3 is 9.30 Å². The predicted octanol–water partition coefficient (Wildman–Crippen LogP) is 4.23. The summed E-state index contributed by atoms with van der Waals surface area (Å²) >= 11 is 1.38. The molecule has 4 rings (SSSR count). The molecule has 7 heteroatoms. The van der Waals surface area contributed by atoms with Gasteiger partial charge in [-0.15, -0.1) is 11.3 Å². The summed E-state index contributed by atoms with van der Waals surface area (Å²) in [5.41, 5.74) is 2.17. The maximum absolute atomic E-state index is 12.9. The van der Waals surface area contributed by atoms with Gasteiger partial charge in [0.1, 0.15) is 11.3 Å². The van der Waals surface area contributed by atoms with Gasteiger partial charge in [0.05, 0.1) is 23.7 Å². The minimum absolute atomic E-state index is 0.0577. The van der Waals surface area contributed by atoms with Crippen molar-refractivity contribution in [1.29, 1.82) is 0 Å². The van der Waals surface area contributed by atoms with E-state index in [0.29, 0.717) is 21.8 Å². The number of aromatic nitrogens is 2. The van der Waals surface area contributed by atoms with Crippen LogP contribution in [0.1, 0.15) is 15.2 Å². The molecule has 146 valence electrons. The Kier molecular flexibility index (Phi) is 4.90. The number of benzene rings is 2. The summed E-state index contributed by atoms with van der Waals surface area (Å²) in [7, 11) is 3.33. The lowest BCUT2D eigenvalue weighted by Gasteiger charge is -2.11. The number of nitrogens with one attached hydrogen (secondary N) is 1. The average molecular weight is 405 g/mol. The number of hydrogen-bond donors (Lipinski definition) is 1. The van der Waals surface area contributed by atoms with Crippen molar-refractivity contribution in [2.24, 2.45) is 7.05 Å². The zero-order valence-electron chi connectivity index (χ0n) is 16.2. The van der Waals surface area contributed by atoms with Gasteiger partial charge >= 0.3 is 0 Å². The topological polar surface area (TPSA) is 73.2 Å². The van der Waals surface area contributed by atoms with Crippen molar-refractivity contribution in [1.82, 2.24) is 9.55 Å². The van der Waals surface area contributed by atoms with Crippen LogP contribution in [-0.2, 0) is 7.05 Å². The number of aryl methyl sites for hydroxylation is 2. The van der Waals surface area contributed by atoms with Crippen molar-refractivity contribution in [2.45, 2.75) is 6.92 Å². The Morgan fingerprint density at radius 3 is 2.62 bits per heavy atom. The molecule has 0 atom stereocenters. The van der Waals surface area contributed by atoms with Gasteiger partial charge in [-0.05, 0) is 19.1 Å². The summed E-state index contributed by atoms with van der Waals surface area (Å²) in [6.45, 7) is 1.96. The van der Waals surface area contributed by atoms with Crippen LogP contribution in [0.4, 0.5) is 5.13 Å².